The molecule has 1 aromatic carbocycles. The molecule has 1 atom stereocenters. The first-order valence-corrected chi connectivity index (χ1v) is 11.1. The van der Waals surface area contributed by atoms with Crippen LogP contribution in [0.1, 0.15) is 29.7 Å². The Morgan fingerprint density at radius 3 is 2.82 bits per heavy atom. The summed E-state index contributed by atoms with van der Waals surface area (Å²) in [6.07, 6.45) is 1.03. The third-order valence-electron chi connectivity index (χ3n) is 5.40. The second kappa shape index (κ2) is 8.28. The Labute approximate surface area is 191 Å². The summed E-state index contributed by atoms with van der Waals surface area (Å²) in [5.74, 6) is 1.86. The van der Waals surface area contributed by atoms with Crippen LogP contribution < -0.4 is 15.0 Å². The van der Waals surface area contributed by atoms with Crippen molar-refractivity contribution >= 4 is 27.8 Å². The topological polar surface area (TPSA) is 125 Å². The molecule has 1 amide bonds. The van der Waals surface area contributed by atoms with Crippen LogP contribution in [0, 0.1) is 6.92 Å². The van der Waals surface area contributed by atoms with E-state index in [-0.39, 0.29) is 28.8 Å². The molecule has 12 heteroatoms. The first kappa shape index (κ1) is 21.1. The van der Waals surface area contributed by atoms with E-state index in [2.05, 4.69) is 20.1 Å². The highest BCUT2D eigenvalue weighted by atomic mass is 32.1. The van der Waals surface area contributed by atoms with E-state index < -0.39 is 6.09 Å². The molecule has 4 aromatic rings. The average Bonchev–Trinajstić information content (AvgIpc) is 3.55. The van der Waals surface area contributed by atoms with Gasteiger partial charge in [0.25, 0.3) is 11.4 Å². The standard InChI is InChI=1S/C21H20N6O5S/c1-11-22-17(32-25-11)16-24-19-15(20(28)26(16)2)23-18(33-19)14-8-5-9-27(14)21(29)31-13-7-4-6-12(10-13)30-3/h4,6-7,10,14H,5,8-9H2,1-3H3. The van der Waals surface area contributed by atoms with Crippen LogP contribution in [0.4, 0.5) is 4.79 Å². The molecule has 1 aliphatic heterocycles. The van der Waals surface area contributed by atoms with Crippen LogP contribution in [0.5, 0.6) is 11.5 Å². The Kier molecular flexibility index (Phi) is 5.29. The number of thiazole rings is 1. The minimum atomic E-state index is -0.479. The molecule has 0 N–H and O–H groups in total. The lowest BCUT2D eigenvalue weighted by molar-refractivity contribution is 0.147. The zero-order chi connectivity index (χ0) is 23.1. The van der Waals surface area contributed by atoms with Crippen molar-refractivity contribution in [3.8, 4) is 23.2 Å². The van der Waals surface area contributed by atoms with Gasteiger partial charge < -0.3 is 14.0 Å². The van der Waals surface area contributed by atoms with Gasteiger partial charge in [0.2, 0.25) is 5.82 Å². The number of benzene rings is 1. The quantitative estimate of drug-likeness (QED) is 0.444. The van der Waals surface area contributed by atoms with Gasteiger partial charge in [-0.1, -0.05) is 22.6 Å². The number of aryl methyl sites for hydroxylation is 1. The summed E-state index contributed by atoms with van der Waals surface area (Å²) in [7, 11) is 3.13. The lowest BCUT2D eigenvalue weighted by Crippen LogP contribution is -2.33. The Balaban J connectivity index is 1.46. The van der Waals surface area contributed by atoms with Crippen molar-refractivity contribution in [1.29, 1.82) is 0 Å². The molecule has 5 rings (SSSR count). The Morgan fingerprint density at radius 1 is 1.24 bits per heavy atom. The van der Waals surface area contributed by atoms with Crippen molar-refractivity contribution in [2.45, 2.75) is 25.8 Å². The molecule has 1 fully saturated rings. The number of nitrogens with zero attached hydrogens (tertiary/aromatic N) is 6. The van der Waals surface area contributed by atoms with E-state index in [1.54, 1.807) is 50.2 Å². The summed E-state index contributed by atoms with van der Waals surface area (Å²) in [6, 6.07) is 6.56. The van der Waals surface area contributed by atoms with E-state index in [0.717, 1.165) is 6.42 Å². The van der Waals surface area contributed by atoms with Gasteiger partial charge in [0.1, 0.15) is 16.5 Å². The zero-order valence-corrected chi connectivity index (χ0v) is 19.0. The highest BCUT2D eigenvalue weighted by Crippen LogP contribution is 2.36. The molecule has 1 unspecified atom stereocenters. The zero-order valence-electron chi connectivity index (χ0n) is 18.1. The number of hydrogen-bond acceptors (Lipinski definition) is 10. The largest absolute Gasteiger partial charge is 0.497 e. The van der Waals surface area contributed by atoms with Gasteiger partial charge in [0.05, 0.1) is 13.2 Å². The SMILES string of the molecule is COc1cccc(OC(=O)N2CCCC2c2nc3c(=O)n(C)c(-c4nc(C)no4)nc3s2)c1. The van der Waals surface area contributed by atoms with Crippen LogP contribution in [0.3, 0.4) is 0 Å². The van der Waals surface area contributed by atoms with Crippen LogP contribution in [0.15, 0.2) is 33.6 Å². The summed E-state index contributed by atoms with van der Waals surface area (Å²) in [6.45, 7) is 2.22. The maximum atomic E-state index is 12.9. The maximum Gasteiger partial charge on any atom is 0.415 e. The van der Waals surface area contributed by atoms with Crippen LogP contribution in [-0.4, -0.2) is 49.3 Å². The van der Waals surface area contributed by atoms with Gasteiger partial charge in [-0.15, -0.1) is 0 Å². The van der Waals surface area contributed by atoms with Crippen molar-refractivity contribution in [3.05, 3.63) is 45.5 Å². The third kappa shape index (κ3) is 3.82. The second-order valence-corrected chi connectivity index (χ2v) is 8.56. The van der Waals surface area contributed by atoms with Crippen molar-refractivity contribution in [3.63, 3.8) is 0 Å². The summed E-state index contributed by atoms with van der Waals surface area (Å²) in [5, 5.41) is 4.40. The minimum Gasteiger partial charge on any atom is -0.497 e. The number of aromatic nitrogens is 5. The van der Waals surface area contributed by atoms with Gasteiger partial charge in [-0.05, 0) is 31.9 Å². The van der Waals surface area contributed by atoms with Crippen LogP contribution >= 0.6 is 11.3 Å². The molecule has 0 saturated carbocycles. The Hall–Kier alpha value is -3.80. The van der Waals surface area contributed by atoms with Gasteiger partial charge in [0, 0.05) is 19.7 Å². The van der Waals surface area contributed by atoms with E-state index in [1.807, 2.05) is 0 Å². The fraction of sp³-hybridized carbons (Fsp3) is 0.333. The first-order valence-electron chi connectivity index (χ1n) is 10.2. The monoisotopic (exact) mass is 468 g/mol. The van der Waals surface area contributed by atoms with Gasteiger partial charge in [-0.3, -0.25) is 14.3 Å². The molecule has 4 heterocycles. The molecule has 0 aliphatic carbocycles. The molecule has 33 heavy (non-hydrogen) atoms. The summed E-state index contributed by atoms with van der Waals surface area (Å²) in [5.41, 5.74) is -0.0812. The molecule has 0 bridgehead atoms. The molecular formula is C21H20N6O5S. The number of carbonyl (C=O) groups excluding carboxylic acids is 1. The lowest BCUT2D eigenvalue weighted by Gasteiger charge is -2.22. The molecule has 0 spiro atoms. The van der Waals surface area contributed by atoms with E-state index in [0.29, 0.717) is 40.1 Å². The Morgan fingerprint density at radius 2 is 2.06 bits per heavy atom. The number of methoxy groups -OCH3 is 1. The number of rotatable bonds is 4. The number of carbonyl (C=O) groups is 1. The maximum absolute atomic E-state index is 12.9. The van der Waals surface area contributed by atoms with E-state index >= 15 is 0 Å². The summed E-state index contributed by atoms with van der Waals surface area (Å²) in [4.78, 5) is 41.2. The highest BCUT2D eigenvalue weighted by Gasteiger charge is 2.34. The van der Waals surface area contributed by atoms with Gasteiger partial charge in [-0.25, -0.2) is 14.8 Å². The number of fused-ring (bicyclic) bond motifs is 1. The molecule has 11 nitrogen and oxygen atoms in total. The van der Waals surface area contributed by atoms with Crippen LogP contribution in [0.2, 0.25) is 0 Å². The molecular weight excluding hydrogens is 448 g/mol. The fourth-order valence-corrected chi connectivity index (χ4v) is 4.84. The Bertz CT molecular complexity index is 1410. The summed E-state index contributed by atoms with van der Waals surface area (Å²) >= 11 is 1.27. The molecule has 1 saturated heterocycles. The number of amides is 1. The first-order chi connectivity index (χ1) is 15.9. The molecule has 3 aromatic heterocycles. The number of ether oxygens (including phenoxy) is 2. The molecule has 0 radical (unpaired) electrons. The average molecular weight is 468 g/mol. The second-order valence-electron chi connectivity index (χ2n) is 7.55. The minimum absolute atomic E-state index is 0.160. The molecule has 1 aliphatic rings. The smallest absolute Gasteiger partial charge is 0.415 e. The predicted octanol–water partition coefficient (Wildman–Crippen LogP) is 3.09. The van der Waals surface area contributed by atoms with E-state index in [9.17, 15) is 9.59 Å². The summed E-state index contributed by atoms with van der Waals surface area (Å²) < 4.78 is 17.3. The van der Waals surface area contributed by atoms with Crippen LogP contribution in [0.25, 0.3) is 22.1 Å². The van der Waals surface area contributed by atoms with Crippen molar-refractivity contribution in [1.82, 2.24) is 29.6 Å². The number of hydrogen-bond donors (Lipinski definition) is 0. The molecule has 170 valence electrons. The van der Waals surface area contributed by atoms with E-state index in [1.165, 1.54) is 15.9 Å². The highest BCUT2D eigenvalue weighted by molar-refractivity contribution is 7.18. The fourth-order valence-electron chi connectivity index (χ4n) is 3.76. The lowest BCUT2D eigenvalue weighted by atomic mass is 10.2. The van der Waals surface area contributed by atoms with E-state index in [4.69, 9.17) is 14.0 Å². The van der Waals surface area contributed by atoms with Crippen molar-refractivity contribution in [2.24, 2.45) is 7.05 Å². The van der Waals surface area contributed by atoms with Crippen molar-refractivity contribution < 1.29 is 18.8 Å². The predicted molar refractivity (Wildman–Crippen MR) is 118 cm³/mol. The third-order valence-corrected chi connectivity index (χ3v) is 6.45. The van der Waals surface area contributed by atoms with Crippen molar-refractivity contribution in [2.75, 3.05) is 13.7 Å². The van der Waals surface area contributed by atoms with Gasteiger partial charge >= 0.3 is 6.09 Å². The normalized spacial score (nSPS) is 15.8. The number of likely N-dealkylation sites (tertiary alicyclic amines) is 1. The van der Waals surface area contributed by atoms with Gasteiger partial charge in [0.15, 0.2) is 16.2 Å². The van der Waals surface area contributed by atoms with Crippen LogP contribution in [-0.2, 0) is 7.05 Å². The van der Waals surface area contributed by atoms with Gasteiger partial charge in [-0.2, -0.15) is 4.98 Å².